The lowest BCUT2D eigenvalue weighted by molar-refractivity contribution is -0.145. The van der Waals surface area contributed by atoms with Crippen molar-refractivity contribution in [3.8, 4) is 0 Å². The fourth-order valence-corrected chi connectivity index (χ4v) is 4.67. The maximum Gasteiger partial charge on any atom is 0.356 e. The predicted octanol–water partition coefficient (Wildman–Crippen LogP) is 2.18. The third kappa shape index (κ3) is 5.14. The molecule has 0 aliphatic carbocycles. The molecule has 2 aromatic rings. The van der Waals surface area contributed by atoms with Crippen molar-refractivity contribution in [2.45, 2.75) is 37.8 Å². The van der Waals surface area contributed by atoms with Crippen molar-refractivity contribution in [2.24, 2.45) is 0 Å². The molecule has 0 bridgehead atoms. The number of fused-ring (bicyclic) bond motifs is 3. The van der Waals surface area contributed by atoms with Crippen LogP contribution in [0.25, 0.3) is 0 Å². The normalized spacial score (nSPS) is 18.5. The van der Waals surface area contributed by atoms with E-state index in [1.54, 1.807) is 4.72 Å². The van der Waals surface area contributed by atoms with Gasteiger partial charge in [-0.05, 0) is 18.2 Å². The van der Waals surface area contributed by atoms with Crippen molar-refractivity contribution in [3.05, 3.63) is 46.0 Å². The van der Waals surface area contributed by atoms with Gasteiger partial charge in [0, 0.05) is 44.7 Å². The van der Waals surface area contributed by atoms with E-state index in [9.17, 15) is 31.2 Å². The summed E-state index contributed by atoms with van der Waals surface area (Å²) in [5.74, 6) is -1.22. The van der Waals surface area contributed by atoms with Crippen LogP contribution in [-0.4, -0.2) is 71.6 Å². The molecule has 16 heteroatoms. The zero-order chi connectivity index (χ0) is 26.4. The van der Waals surface area contributed by atoms with Crippen LogP contribution in [0.5, 0.6) is 0 Å². The SMILES string of the molecule is CN1OC(CNS(=O)(=O)C(C)(F)F)Cn2nc3c(c2C1=O)CN(C(=O)Nc1ccc(F)c(Cl)c1)CC3. The van der Waals surface area contributed by atoms with Gasteiger partial charge in [-0.1, -0.05) is 11.6 Å². The lowest BCUT2D eigenvalue weighted by atomic mass is 10.1. The molecule has 1 aromatic carbocycles. The van der Waals surface area contributed by atoms with Crippen LogP contribution in [0.3, 0.4) is 0 Å². The molecule has 1 unspecified atom stereocenters. The standard InChI is InChI=1S/C20H22ClF3N6O5S/c1-20(23,24)36(33,34)25-8-12-9-30-17(18(31)28(2)35-12)13-10-29(6-5-16(13)27-30)19(32)26-11-3-4-15(22)14(21)7-11/h3-4,7,12,25H,5-6,8-10H2,1-2H3,(H,26,32). The van der Waals surface area contributed by atoms with E-state index in [1.165, 1.54) is 28.8 Å². The molecule has 0 saturated heterocycles. The Morgan fingerprint density at radius 1 is 1.36 bits per heavy atom. The predicted molar refractivity (Wildman–Crippen MR) is 121 cm³/mol. The first kappa shape index (κ1) is 26.2. The molecule has 3 heterocycles. The van der Waals surface area contributed by atoms with Crippen LogP contribution >= 0.6 is 11.6 Å². The van der Waals surface area contributed by atoms with Crippen molar-refractivity contribution < 1.29 is 36.0 Å². The molecule has 2 N–H and O–H groups in total. The van der Waals surface area contributed by atoms with E-state index >= 15 is 0 Å². The van der Waals surface area contributed by atoms with E-state index in [4.69, 9.17) is 16.4 Å². The second-order valence-corrected chi connectivity index (χ2v) is 10.8. The van der Waals surface area contributed by atoms with Crippen LogP contribution in [0.2, 0.25) is 5.02 Å². The lowest BCUT2D eigenvalue weighted by Gasteiger charge is -2.27. The Bertz CT molecular complexity index is 1320. The van der Waals surface area contributed by atoms with Crippen LogP contribution in [0.15, 0.2) is 18.2 Å². The van der Waals surface area contributed by atoms with Crippen molar-refractivity contribution in [2.75, 3.05) is 25.5 Å². The highest BCUT2D eigenvalue weighted by Gasteiger charge is 2.41. The number of benzene rings is 1. The van der Waals surface area contributed by atoms with E-state index in [-0.39, 0.29) is 43.0 Å². The molecule has 3 amide bonds. The number of anilines is 1. The molecule has 2 aliphatic heterocycles. The van der Waals surface area contributed by atoms with Crippen molar-refractivity contribution in [1.29, 1.82) is 0 Å². The molecule has 2 aliphatic rings. The Morgan fingerprint density at radius 2 is 2.08 bits per heavy atom. The summed E-state index contributed by atoms with van der Waals surface area (Å²) in [6.07, 6.45) is -0.689. The maximum atomic E-state index is 13.4. The fourth-order valence-electron chi connectivity index (χ4n) is 3.83. The highest BCUT2D eigenvalue weighted by Crippen LogP contribution is 2.27. The van der Waals surface area contributed by atoms with Gasteiger partial charge in [0.25, 0.3) is 15.9 Å². The van der Waals surface area contributed by atoms with E-state index in [2.05, 4.69) is 10.4 Å². The molecule has 0 radical (unpaired) electrons. The maximum absolute atomic E-state index is 13.4. The van der Waals surface area contributed by atoms with Gasteiger partial charge in [-0.15, -0.1) is 0 Å². The Hall–Kier alpha value is -2.88. The molecule has 4 rings (SSSR count). The lowest BCUT2D eigenvalue weighted by Crippen LogP contribution is -2.44. The first-order chi connectivity index (χ1) is 16.8. The summed E-state index contributed by atoms with van der Waals surface area (Å²) in [6, 6.07) is 3.26. The molecule has 1 aromatic heterocycles. The molecule has 1 atom stereocenters. The summed E-state index contributed by atoms with van der Waals surface area (Å²) < 4.78 is 66.6. The minimum absolute atomic E-state index is 0.0321. The average molecular weight is 551 g/mol. The smallest absolute Gasteiger partial charge is 0.320 e. The van der Waals surface area contributed by atoms with Gasteiger partial charge >= 0.3 is 11.3 Å². The summed E-state index contributed by atoms with van der Waals surface area (Å²) in [5, 5.41) is 3.78. The Kier molecular flexibility index (Phi) is 6.94. The Balaban J connectivity index is 1.52. The van der Waals surface area contributed by atoms with Crippen molar-refractivity contribution in [3.63, 3.8) is 0 Å². The third-order valence-electron chi connectivity index (χ3n) is 5.70. The van der Waals surface area contributed by atoms with Gasteiger partial charge in [-0.25, -0.2) is 27.4 Å². The molecular formula is C20H22ClF3N6O5S. The van der Waals surface area contributed by atoms with Gasteiger partial charge in [0.15, 0.2) is 0 Å². The highest BCUT2D eigenvalue weighted by molar-refractivity contribution is 7.90. The van der Waals surface area contributed by atoms with Gasteiger partial charge in [0.2, 0.25) is 0 Å². The minimum Gasteiger partial charge on any atom is -0.320 e. The molecule has 36 heavy (non-hydrogen) atoms. The van der Waals surface area contributed by atoms with Gasteiger partial charge in [0.1, 0.15) is 17.6 Å². The van der Waals surface area contributed by atoms with Crippen LogP contribution in [0, 0.1) is 5.82 Å². The van der Waals surface area contributed by atoms with Crippen molar-refractivity contribution >= 4 is 39.2 Å². The zero-order valence-electron chi connectivity index (χ0n) is 19.1. The monoisotopic (exact) mass is 550 g/mol. The highest BCUT2D eigenvalue weighted by atomic mass is 35.5. The minimum atomic E-state index is -4.94. The number of hydrogen-bond donors (Lipinski definition) is 2. The van der Waals surface area contributed by atoms with Crippen LogP contribution in [-0.2, 0) is 34.4 Å². The number of hydrogen-bond acceptors (Lipinski definition) is 6. The van der Waals surface area contributed by atoms with Gasteiger partial charge in [-0.3, -0.25) is 14.3 Å². The number of urea groups is 1. The largest absolute Gasteiger partial charge is 0.356 e. The molecule has 0 saturated carbocycles. The summed E-state index contributed by atoms with van der Waals surface area (Å²) in [7, 11) is -3.64. The molecule has 0 spiro atoms. The third-order valence-corrected chi connectivity index (χ3v) is 7.48. The first-order valence-electron chi connectivity index (χ1n) is 10.7. The van der Waals surface area contributed by atoms with Gasteiger partial charge in [0.05, 0.1) is 23.8 Å². The van der Waals surface area contributed by atoms with Crippen molar-refractivity contribution in [1.82, 2.24) is 24.5 Å². The second kappa shape index (κ2) is 9.53. The summed E-state index contributed by atoms with van der Waals surface area (Å²) in [6.45, 7) is -0.0618. The van der Waals surface area contributed by atoms with E-state index < -0.39 is 45.7 Å². The quantitative estimate of drug-likeness (QED) is 0.588. The average Bonchev–Trinajstić information content (AvgIpc) is 3.09. The van der Waals surface area contributed by atoms with E-state index in [0.717, 1.165) is 11.1 Å². The number of alkyl halides is 2. The number of hydroxylamine groups is 2. The number of carbonyl (C=O) groups excluding carboxylic acids is 2. The number of nitrogens with zero attached hydrogens (tertiary/aromatic N) is 4. The number of halogens is 4. The fraction of sp³-hybridized carbons (Fsp3) is 0.450. The van der Waals surface area contributed by atoms with E-state index in [0.29, 0.717) is 17.7 Å². The van der Waals surface area contributed by atoms with Crippen LogP contribution < -0.4 is 10.0 Å². The van der Waals surface area contributed by atoms with E-state index in [1.807, 2.05) is 0 Å². The molecular weight excluding hydrogens is 529 g/mol. The Morgan fingerprint density at radius 3 is 2.75 bits per heavy atom. The zero-order valence-corrected chi connectivity index (χ0v) is 20.7. The topological polar surface area (TPSA) is 126 Å². The number of carbonyl (C=O) groups is 2. The number of amides is 3. The molecule has 11 nitrogen and oxygen atoms in total. The number of sulfonamides is 1. The van der Waals surface area contributed by atoms with Gasteiger partial charge in [-0.2, -0.15) is 13.9 Å². The second-order valence-electron chi connectivity index (χ2n) is 8.38. The summed E-state index contributed by atoms with van der Waals surface area (Å²) in [4.78, 5) is 32.7. The van der Waals surface area contributed by atoms with Crippen LogP contribution in [0.4, 0.5) is 23.7 Å². The Labute approximate surface area is 209 Å². The number of rotatable bonds is 5. The number of aromatic nitrogens is 2. The first-order valence-corrected chi connectivity index (χ1v) is 12.5. The summed E-state index contributed by atoms with van der Waals surface area (Å²) in [5.41, 5.74) is 1.48. The van der Waals surface area contributed by atoms with Crippen LogP contribution in [0.1, 0.15) is 28.7 Å². The van der Waals surface area contributed by atoms with Gasteiger partial charge < -0.3 is 10.2 Å². The molecule has 0 fully saturated rings. The molecule has 196 valence electrons. The number of nitrogens with one attached hydrogen (secondary N) is 2. The summed E-state index contributed by atoms with van der Waals surface area (Å²) >= 11 is 5.76.